The molecule has 64 valence electrons. The van der Waals surface area contributed by atoms with Crippen molar-refractivity contribution in [3.8, 4) is 6.07 Å². The van der Waals surface area contributed by atoms with E-state index in [0.29, 0.717) is 0 Å². The van der Waals surface area contributed by atoms with Crippen molar-refractivity contribution in [1.29, 1.82) is 5.26 Å². The third-order valence-electron chi connectivity index (χ3n) is 1.31. The zero-order valence-corrected chi connectivity index (χ0v) is 7.03. The highest BCUT2D eigenvalue weighted by molar-refractivity contribution is 7.78. The number of thiocarbonyl (C=S) groups is 1. The average Bonchev–Trinajstić information content (AvgIpc) is 2.04. The molecule has 1 aromatic carbocycles. The van der Waals surface area contributed by atoms with E-state index in [1.54, 1.807) is 0 Å². The topological polar surface area (TPSA) is 36.1 Å². The molecular weight excluding hydrogens is 194 g/mol. The van der Waals surface area contributed by atoms with Gasteiger partial charge in [0, 0.05) is 12.1 Å². The van der Waals surface area contributed by atoms with Gasteiger partial charge in [-0.2, -0.15) is 10.3 Å². The van der Waals surface area contributed by atoms with Gasteiger partial charge in [-0.05, 0) is 12.2 Å². The number of halogens is 2. The van der Waals surface area contributed by atoms with Crippen LogP contribution in [0.3, 0.4) is 0 Å². The van der Waals surface area contributed by atoms with E-state index in [2.05, 4.69) is 17.2 Å². The van der Waals surface area contributed by atoms with Crippen molar-refractivity contribution in [2.75, 3.05) is 0 Å². The molecular formula is C8H2F2N2S. The van der Waals surface area contributed by atoms with E-state index in [-0.39, 0.29) is 5.69 Å². The van der Waals surface area contributed by atoms with Gasteiger partial charge in [-0.1, -0.05) is 0 Å². The fraction of sp³-hybridized carbons (Fsp3) is 0. The summed E-state index contributed by atoms with van der Waals surface area (Å²) in [5, 5.41) is 10.3. The van der Waals surface area contributed by atoms with Crippen molar-refractivity contribution in [1.82, 2.24) is 0 Å². The van der Waals surface area contributed by atoms with Gasteiger partial charge in [0.25, 0.3) is 0 Å². The Kier molecular flexibility index (Phi) is 2.80. The molecule has 0 N–H and O–H groups in total. The second kappa shape index (κ2) is 3.85. The minimum atomic E-state index is -0.952. The molecule has 1 rings (SSSR count). The highest BCUT2D eigenvalue weighted by atomic mass is 32.1. The summed E-state index contributed by atoms with van der Waals surface area (Å²) in [6, 6.07) is 3.23. The van der Waals surface area contributed by atoms with Crippen LogP contribution in [0.2, 0.25) is 0 Å². The zero-order chi connectivity index (χ0) is 9.84. The highest BCUT2D eigenvalue weighted by Crippen LogP contribution is 2.19. The first-order valence-electron chi connectivity index (χ1n) is 3.16. The van der Waals surface area contributed by atoms with Gasteiger partial charge >= 0.3 is 0 Å². The predicted octanol–water partition coefficient (Wildman–Crippen LogP) is 2.57. The van der Waals surface area contributed by atoms with Gasteiger partial charge in [0.15, 0.2) is 0 Å². The minimum absolute atomic E-state index is 0.00370. The van der Waals surface area contributed by atoms with Crippen molar-refractivity contribution < 1.29 is 8.78 Å². The van der Waals surface area contributed by atoms with Crippen molar-refractivity contribution in [2.24, 2.45) is 4.99 Å². The van der Waals surface area contributed by atoms with E-state index in [0.717, 1.165) is 12.1 Å². The Hall–Kier alpha value is -1.63. The molecule has 0 heterocycles. The van der Waals surface area contributed by atoms with Gasteiger partial charge in [-0.15, -0.1) is 0 Å². The molecule has 0 fully saturated rings. The Morgan fingerprint density at radius 2 is 1.85 bits per heavy atom. The number of isothiocyanates is 1. The molecule has 1 aromatic rings. The lowest BCUT2D eigenvalue weighted by atomic mass is 10.2. The summed E-state index contributed by atoms with van der Waals surface area (Å²) in [5.41, 5.74) is -0.618. The van der Waals surface area contributed by atoms with Crippen molar-refractivity contribution in [3.05, 3.63) is 29.3 Å². The van der Waals surface area contributed by atoms with Crippen LogP contribution in [0.1, 0.15) is 5.56 Å². The third kappa shape index (κ3) is 1.94. The first-order chi connectivity index (χ1) is 6.19. The smallest absolute Gasteiger partial charge is 0.146 e. The summed E-state index contributed by atoms with van der Waals surface area (Å²) in [6.45, 7) is 0. The van der Waals surface area contributed by atoms with Crippen LogP contribution in [0.15, 0.2) is 17.1 Å². The average molecular weight is 196 g/mol. The Balaban J connectivity index is 3.38. The molecule has 2 nitrogen and oxygen atoms in total. The molecule has 0 saturated carbocycles. The van der Waals surface area contributed by atoms with Gasteiger partial charge in [-0.25, -0.2) is 8.78 Å². The summed E-state index contributed by atoms with van der Waals surface area (Å²) < 4.78 is 25.7. The molecule has 5 heteroatoms. The Morgan fingerprint density at radius 1 is 1.31 bits per heavy atom. The fourth-order valence-corrected chi connectivity index (χ4v) is 0.889. The number of rotatable bonds is 1. The molecule has 0 saturated heterocycles. The van der Waals surface area contributed by atoms with E-state index in [9.17, 15) is 8.78 Å². The molecule has 0 atom stereocenters. The van der Waals surface area contributed by atoms with Crippen LogP contribution in [0.5, 0.6) is 0 Å². The molecule has 0 aliphatic heterocycles. The highest BCUT2D eigenvalue weighted by Gasteiger charge is 2.09. The van der Waals surface area contributed by atoms with Crippen LogP contribution >= 0.6 is 12.2 Å². The molecule has 0 aromatic heterocycles. The lowest BCUT2D eigenvalue weighted by Crippen LogP contribution is -1.88. The molecule has 0 unspecified atom stereocenters. The summed E-state index contributed by atoms with van der Waals surface area (Å²) in [6.07, 6.45) is 0. The van der Waals surface area contributed by atoms with Crippen molar-refractivity contribution >= 4 is 23.1 Å². The quantitative estimate of drug-likeness (QED) is 0.511. The van der Waals surface area contributed by atoms with Gasteiger partial charge < -0.3 is 0 Å². The van der Waals surface area contributed by atoms with Crippen molar-refractivity contribution in [2.45, 2.75) is 0 Å². The summed E-state index contributed by atoms with van der Waals surface area (Å²) in [7, 11) is 0. The Labute approximate surface area is 78.1 Å². The van der Waals surface area contributed by atoms with Crippen LogP contribution in [-0.2, 0) is 0 Å². The Morgan fingerprint density at radius 3 is 2.23 bits per heavy atom. The van der Waals surface area contributed by atoms with Gasteiger partial charge in [0.1, 0.15) is 23.3 Å². The van der Waals surface area contributed by atoms with E-state index in [4.69, 9.17) is 5.26 Å². The maximum Gasteiger partial charge on any atom is 0.146 e. The minimum Gasteiger partial charge on any atom is -0.205 e. The number of benzene rings is 1. The standard InChI is InChI=1S/C8H2F2N2S/c9-7-1-5(12-4-13)2-8(10)6(7)3-11/h1-2H. The van der Waals surface area contributed by atoms with Gasteiger partial charge in [-0.3, -0.25) is 0 Å². The van der Waals surface area contributed by atoms with Crippen LogP contribution in [0.25, 0.3) is 0 Å². The molecule has 0 spiro atoms. The van der Waals surface area contributed by atoms with Crippen LogP contribution in [-0.4, -0.2) is 5.16 Å². The maximum atomic E-state index is 12.9. The third-order valence-corrected chi connectivity index (χ3v) is 1.40. The molecule has 0 radical (unpaired) electrons. The van der Waals surface area contributed by atoms with Crippen LogP contribution < -0.4 is 0 Å². The van der Waals surface area contributed by atoms with E-state index in [1.165, 1.54) is 6.07 Å². The van der Waals surface area contributed by atoms with Gasteiger partial charge in [0.2, 0.25) is 0 Å². The molecule has 13 heavy (non-hydrogen) atoms. The summed E-state index contributed by atoms with van der Waals surface area (Å²) in [4.78, 5) is 3.38. The number of hydrogen-bond acceptors (Lipinski definition) is 3. The number of nitrogens with zero attached hydrogens (tertiary/aromatic N) is 2. The number of aliphatic imine (C=N–C) groups is 1. The second-order valence-corrected chi connectivity index (χ2v) is 2.28. The van der Waals surface area contributed by atoms with E-state index >= 15 is 0 Å². The lowest BCUT2D eigenvalue weighted by molar-refractivity contribution is 0.577. The summed E-state index contributed by atoms with van der Waals surface area (Å²) >= 11 is 4.26. The van der Waals surface area contributed by atoms with Gasteiger partial charge in [0.05, 0.1) is 10.8 Å². The number of hydrogen-bond donors (Lipinski definition) is 0. The SMILES string of the molecule is N#Cc1c(F)cc(N=C=S)cc1F. The van der Waals surface area contributed by atoms with Crippen molar-refractivity contribution in [3.63, 3.8) is 0 Å². The first-order valence-corrected chi connectivity index (χ1v) is 3.57. The normalized spacial score (nSPS) is 8.69. The first kappa shape index (κ1) is 9.46. The molecule has 0 aliphatic carbocycles. The van der Waals surface area contributed by atoms with Crippen LogP contribution in [0.4, 0.5) is 14.5 Å². The maximum absolute atomic E-state index is 12.9. The van der Waals surface area contributed by atoms with E-state index in [1.807, 2.05) is 5.16 Å². The monoisotopic (exact) mass is 196 g/mol. The largest absolute Gasteiger partial charge is 0.205 e. The number of nitriles is 1. The summed E-state index contributed by atoms with van der Waals surface area (Å²) in [5.74, 6) is -1.90. The fourth-order valence-electron chi connectivity index (χ4n) is 0.784. The zero-order valence-electron chi connectivity index (χ0n) is 6.21. The predicted molar refractivity (Wildman–Crippen MR) is 45.8 cm³/mol. The lowest BCUT2D eigenvalue weighted by Gasteiger charge is -1.96. The molecule has 0 bridgehead atoms. The molecule has 0 aliphatic rings. The molecule has 0 amide bonds. The van der Waals surface area contributed by atoms with Crippen LogP contribution in [0, 0.1) is 23.0 Å². The Bertz CT molecular complexity index is 407. The van der Waals surface area contributed by atoms with E-state index < -0.39 is 17.2 Å². The second-order valence-electron chi connectivity index (χ2n) is 2.10.